The molecule has 0 aliphatic rings. The number of nitrogens with zero attached hydrogens (tertiary/aromatic N) is 1. The lowest BCUT2D eigenvalue weighted by Crippen LogP contribution is -2.08. The van der Waals surface area contributed by atoms with Crippen LogP contribution in [0.5, 0.6) is 11.5 Å². The summed E-state index contributed by atoms with van der Waals surface area (Å²) in [5, 5.41) is 9.95. The van der Waals surface area contributed by atoms with Crippen LogP contribution >= 0.6 is 0 Å². The van der Waals surface area contributed by atoms with Gasteiger partial charge in [-0.05, 0) is 54.4 Å². The number of fused-ring (bicyclic) bond motifs is 1. The van der Waals surface area contributed by atoms with Crippen LogP contribution in [0.2, 0.25) is 0 Å². The van der Waals surface area contributed by atoms with Crippen LogP contribution in [0, 0.1) is 0 Å². The molecule has 0 bridgehead atoms. The fourth-order valence-corrected chi connectivity index (χ4v) is 4.07. The molecule has 0 spiro atoms. The molecule has 0 saturated carbocycles. The quantitative estimate of drug-likeness (QED) is 0.210. The fourth-order valence-electron chi connectivity index (χ4n) is 4.07. The van der Waals surface area contributed by atoms with Gasteiger partial charge in [-0.15, -0.1) is 0 Å². The maximum atomic E-state index is 12.8. The summed E-state index contributed by atoms with van der Waals surface area (Å²) in [5.41, 5.74) is 3.24. The van der Waals surface area contributed by atoms with Gasteiger partial charge in [-0.3, -0.25) is 9.59 Å². The highest BCUT2D eigenvalue weighted by molar-refractivity contribution is 6.09. The van der Waals surface area contributed by atoms with Crippen LogP contribution in [0.15, 0.2) is 79.0 Å². The highest BCUT2D eigenvalue weighted by atomic mass is 16.5. The molecule has 0 radical (unpaired) electrons. The van der Waals surface area contributed by atoms with Crippen molar-refractivity contribution in [2.24, 2.45) is 0 Å². The minimum absolute atomic E-state index is 0.0122. The number of hydrogen-bond donors (Lipinski definition) is 1. The van der Waals surface area contributed by atoms with Crippen molar-refractivity contribution in [2.45, 2.75) is 32.7 Å². The summed E-state index contributed by atoms with van der Waals surface area (Å²) in [4.78, 5) is 23.8. The van der Waals surface area contributed by atoms with Crippen molar-refractivity contribution in [3.05, 3.63) is 95.7 Å². The first kappa shape index (κ1) is 24.1. The van der Waals surface area contributed by atoms with Gasteiger partial charge in [0, 0.05) is 34.6 Å². The zero-order valence-corrected chi connectivity index (χ0v) is 19.8. The van der Waals surface area contributed by atoms with E-state index in [9.17, 15) is 9.59 Å². The lowest BCUT2D eigenvalue weighted by Gasteiger charge is -2.13. The molecule has 6 heteroatoms. The molecule has 3 aromatic carbocycles. The maximum Gasteiger partial charge on any atom is 0.323 e. The smallest absolute Gasteiger partial charge is 0.323 e. The number of aryl methyl sites for hydroxylation is 1. The lowest BCUT2D eigenvalue weighted by molar-refractivity contribution is -0.137. The topological polar surface area (TPSA) is 77.8 Å². The summed E-state index contributed by atoms with van der Waals surface area (Å²) in [6.07, 6.45) is 4.26. The number of ketones is 1. The number of carbonyl (C=O) groups is 2. The summed E-state index contributed by atoms with van der Waals surface area (Å²) >= 11 is 0. The molecule has 0 atom stereocenters. The number of carbonyl (C=O) groups excluding carboxylic acids is 1. The van der Waals surface area contributed by atoms with E-state index in [1.165, 1.54) is 0 Å². The van der Waals surface area contributed by atoms with Crippen LogP contribution in [0.25, 0.3) is 10.9 Å². The Morgan fingerprint density at radius 3 is 2.46 bits per heavy atom. The SMILES string of the molecule is CCCc1cc(C(=O)c2ccccc2)ccc1OCCCOc1ccc2c(ccn2CC(=O)O)c1. The third-order valence-corrected chi connectivity index (χ3v) is 5.74. The average Bonchev–Trinajstić information content (AvgIpc) is 3.26. The Morgan fingerprint density at radius 2 is 1.69 bits per heavy atom. The Kier molecular flexibility index (Phi) is 7.83. The van der Waals surface area contributed by atoms with Gasteiger partial charge in [0.15, 0.2) is 5.78 Å². The molecule has 0 aliphatic heterocycles. The van der Waals surface area contributed by atoms with Crippen molar-refractivity contribution < 1.29 is 24.2 Å². The van der Waals surface area contributed by atoms with E-state index in [1.54, 1.807) is 10.8 Å². The molecule has 0 amide bonds. The molecule has 1 N–H and O–H groups in total. The molecular weight excluding hydrogens is 442 g/mol. The van der Waals surface area contributed by atoms with Crippen LogP contribution < -0.4 is 9.47 Å². The maximum absolute atomic E-state index is 12.8. The van der Waals surface area contributed by atoms with Gasteiger partial charge in [0.05, 0.1) is 13.2 Å². The largest absolute Gasteiger partial charge is 0.493 e. The first-order valence-corrected chi connectivity index (χ1v) is 11.8. The standard InChI is InChI=1S/C29H29NO5/c1-2-7-23-18-24(29(33)21-8-4-3-5-9-21)10-13-27(23)35-17-6-16-34-25-11-12-26-22(19-25)14-15-30(26)20-28(31)32/h3-5,8-15,18-19H,2,6-7,16-17,20H2,1H3,(H,31,32). The normalized spacial score (nSPS) is 10.9. The van der Waals surface area contributed by atoms with Crippen LogP contribution in [0.1, 0.15) is 41.3 Å². The van der Waals surface area contributed by atoms with Crippen molar-refractivity contribution in [3.63, 3.8) is 0 Å². The van der Waals surface area contributed by atoms with Gasteiger partial charge in [-0.25, -0.2) is 0 Å². The van der Waals surface area contributed by atoms with Crippen molar-refractivity contribution >= 4 is 22.7 Å². The van der Waals surface area contributed by atoms with Crippen molar-refractivity contribution in [1.29, 1.82) is 0 Å². The average molecular weight is 472 g/mol. The number of aromatic nitrogens is 1. The molecule has 35 heavy (non-hydrogen) atoms. The number of benzene rings is 3. The van der Waals surface area contributed by atoms with E-state index in [0.29, 0.717) is 30.8 Å². The van der Waals surface area contributed by atoms with Gasteiger partial charge in [-0.2, -0.15) is 0 Å². The highest BCUT2D eigenvalue weighted by Gasteiger charge is 2.12. The number of rotatable bonds is 12. The molecular formula is C29H29NO5. The Bertz CT molecular complexity index is 1310. The predicted molar refractivity (Wildman–Crippen MR) is 135 cm³/mol. The molecule has 0 aliphatic carbocycles. The Labute approximate surface area is 204 Å². The van der Waals surface area contributed by atoms with Gasteiger partial charge in [0.2, 0.25) is 0 Å². The number of carboxylic acid groups (broad SMARTS) is 1. The second-order valence-electron chi connectivity index (χ2n) is 8.38. The van der Waals surface area contributed by atoms with E-state index in [-0.39, 0.29) is 12.3 Å². The zero-order valence-electron chi connectivity index (χ0n) is 19.8. The molecule has 0 fully saturated rings. The van der Waals surface area contributed by atoms with E-state index < -0.39 is 5.97 Å². The highest BCUT2D eigenvalue weighted by Crippen LogP contribution is 2.25. The van der Waals surface area contributed by atoms with E-state index in [1.807, 2.05) is 72.8 Å². The van der Waals surface area contributed by atoms with E-state index in [4.69, 9.17) is 14.6 Å². The van der Waals surface area contributed by atoms with Crippen LogP contribution in [-0.2, 0) is 17.8 Å². The second-order valence-corrected chi connectivity index (χ2v) is 8.38. The predicted octanol–water partition coefficient (Wildman–Crippen LogP) is 5.76. The third-order valence-electron chi connectivity index (χ3n) is 5.74. The number of hydrogen-bond acceptors (Lipinski definition) is 4. The fraction of sp³-hybridized carbons (Fsp3) is 0.241. The van der Waals surface area contributed by atoms with Crippen LogP contribution in [0.3, 0.4) is 0 Å². The molecule has 4 rings (SSSR count). The minimum atomic E-state index is -0.873. The van der Waals surface area contributed by atoms with Crippen molar-refractivity contribution in [1.82, 2.24) is 4.57 Å². The van der Waals surface area contributed by atoms with Gasteiger partial charge in [0.25, 0.3) is 0 Å². The number of aliphatic carboxylic acids is 1. The van der Waals surface area contributed by atoms with Crippen molar-refractivity contribution in [3.8, 4) is 11.5 Å². The molecule has 0 saturated heterocycles. The van der Waals surface area contributed by atoms with Gasteiger partial charge in [-0.1, -0.05) is 43.7 Å². The molecule has 4 aromatic rings. The zero-order chi connectivity index (χ0) is 24.6. The molecule has 180 valence electrons. The van der Waals surface area contributed by atoms with E-state index in [0.717, 1.165) is 40.8 Å². The molecule has 1 aromatic heterocycles. The summed E-state index contributed by atoms with van der Waals surface area (Å²) in [6.45, 7) is 3.04. The molecule has 6 nitrogen and oxygen atoms in total. The van der Waals surface area contributed by atoms with Crippen molar-refractivity contribution in [2.75, 3.05) is 13.2 Å². The van der Waals surface area contributed by atoms with E-state index >= 15 is 0 Å². The summed E-state index contributed by atoms with van der Waals surface area (Å²) < 4.78 is 13.6. The lowest BCUT2D eigenvalue weighted by atomic mass is 9.99. The van der Waals surface area contributed by atoms with Gasteiger partial charge >= 0.3 is 5.97 Å². The number of carboxylic acids is 1. The molecule has 1 heterocycles. The monoisotopic (exact) mass is 471 g/mol. The van der Waals surface area contributed by atoms with Crippen LogP contribution in [-0.4, -0.2) is 34.6 Å². The second kappa shape index (κ2) is 11.4. The third kappa shape index (κ3) is 6.09. The summed E-state index contributed by atoms with van der Waals surface area (Å²) in [7, 11) is 0. The summed E-state index contributed by atoms with van der Waals surface area (Å²) in [5.74, 6) is 0.680. The summed E-state index contributed by atoms with van der Waals surface area (Å²) in [6, 6.07) is 22.5. The minimum Gasteiger partial charge on any atom is -0.493 e. The molecule has 0 unspecified atom stereocenters. The van der Waals surface area contributed by atoms with Gasteiger partial charge < -0.3 is 19.1 Å². The van der Waals surface area contributed by atoms with Gasteiger partial charge in [0.1, 0.15) is 18.0 Å². The number of ether oxygens (including phenoxy) is 2. The van der Waals surface area contributed by atoms with E-state index in [2.05, 4.69) is 6.92 Å². The Balaban J connectivity index is 1.31. The first-order chi connectivity index (χ1) is 17.0. The first-order valence-electron chi connectivity index (χ1n) is 11.8. The van der Waals surface area contributed by atoms with Crippen LogP contribution in [0.4, 0.5) is 0 Å². The Hall–Kier alpha value is -4.06. The Morgan fingerprint density at radius 1 is 0.886 bits per heavy atom.